The lowest BCUT2D eigenvalue weighted by Gasteiger charge is -2.19. The van der Waals surface area contributed by atoms with Crippen molar-refractivity contribution >= 4 is 23.2 Å². The SMILES string of the molecule is CN1CC(C(=O)NCCc2nc(C3CCCCC3)cs2)CC1=O. The lowest BCUT2D eigenvalue weighted by molar-refractivity contribution is -0.128. The van der Waals surface area contributed by atoms with Gasteiger partial charge in [0.2, 0.25) is 11.8 Å². The number of nitrogens with one attached hydrogen (secondary N) is 1. The maximum Gasteiger partial charge on any atom is 0.225 e. The van der Waals surface area contributed by atoms with Crippen LogP contribution in [0.15, 0.2) is 5.38 Å². The molecule has 2 amide bonds. The highest BCUT2D eigenvalue weighted by Gasteiger charge is 2.31. The average Bonchev–Trinajstić information content (AvgIpc) is 3.16. The Labute approximate surface area is 141 Å². The number of aromatic nitrogens is 1. The molecule has 3 rings (SSSR count). The molecule has 6 heteroatoms. The highest BCUT2D eigenvalue weighted by Crippen LogP contribution is 2.33. The molecule has 1 atom stereocenters. The second kappa shape index (κ2) is 7.43. The van der Waals surface area contributed by atoms with Gasteiger partial charge in [0.25, 0.3) is 0 Å². The van der Waals surface area contributed by atoms with Crippen LogP contribution in [0, 0.1) is 5.92 Å². The molecule has 2 heterocycles. The Balaban J connectivity index is 1.43. The third kappa shape index (κ3) is 4.10. The smallest absolute Gasteiger partial charge is 0.225 e. The molecule has 1 N–H and O–H groups in total. The van der Waals surface area contributed by atoms with Gasteiger partial charge < -0.3 is 10.2 Å². The van der Waals surface area contributed by atoms with E-state index in [4.69, 9.17) is 4.98 Å². The minimum atomic E-state index is -0.193. The van der Waals surface area contributed by atoms with Crippen molar-refractivity contribution in [2.24, 2.45) is 5.92 Å². The Hall–Kier alpha value is -1.43. The van der Waals surface area contributed by atoms with Crippen molar-refractivity contribution in [2.75, 3.05) is 20.1 Å². The second-order valence-corrected chi connectivity index (χ2v) is 7.66. The van der Waals surface area contributed by atoms with E-state index in [2.05, 4.69) is 10.7 Å². The summed E-state index contributed by atoms with van der Waals surface area (Å²) in [6.07, 6.45) is 7.65. The molecule has 0 bridgehead atoms. The van der Waals surface area contributed by atoms with E-state index in [1.165, 1.54) is 37.8 Å². The van der Waals surface area contributed by atoms with Crippen LogP contribution >= 0.6 is 11.3 Å². The Bertz CT molecular complexity index is 566. The summed E-state index contributed by atoms with van der Waals surface area (Å²) in [6.45, 7) is 1.14. The van der Waals surface area contributed by atoms with E-state index >= 15 is 0 Å². The maximum absolute atomic E-state index is 12.1. The Kier molecular flexibility index (Phi) is 5.30. The van der Waals surface area contributed by atoms with Crippen LogP contribution in [0.2, 0.25) is 0 Å². The van der Waals surface area contributed by atoms with Gasteiger partial charge in [-0.2, -0.15) is 0 Å². The largest absolute Gasteiger partial charge is 0.355 e. The first-order valence-corrected chi connectivity index (χ1v) is 9.47. The topological polar surface area (TPSA) is 62.3 Å². The summed E-state index contributed by atoms with van der Waals surface area (Å²) in [7, 11) is 1.75. The predicted molar refractivity (Wildman–Crippen MR) is 90.4 cm³/mol. The molecular formula is C17H25N3O2S. The van der Waals surface area contributed by atoms with Gasteiger partial charge in [0.15, 0.2) is 0 Å². The number of thiazole rings is 1. The monoisotopic (exact) mass is 335 g/mol. The van der Waals surface area contributed by atoms with Gasteiger partial charge in [-0.3, -0.25) is 9.59 Å². The van der Waals surface area contributed by atoms with Gasteiger partial charge in [-0.15, -0.1) is 11.3 Å². The molecular weight excluding hydrogens is 310 g/mol. The van der Waals surface area contributed by atoms with Gasteiger partial charge in [0.1, 0.15) is 0 Å². The summed E-state index contributed by atoms with van der Waals surface area (Å²) in [5.74, 6) is 0.499. The number of hydrogen-bond acceptors (Lipinski definition) is 4. The van der Waals surface area contributed by atoms with Crippen LogP contribution in [0.4, 0.5) is 0 Å². The van der Waals surface area contributed by atoms with E-state index in [1.54, 1.807) is 23.3 Å². The molecule has 2 aliphatic rings. The van der Waals surface area contributed by atoms with Crippen molar-refractivity contribution in [3.05, 3.63) is 16.1 Å². The van der Waals surface area contributed by atoms with E-state index in [0.29, 0.717) is 25.4 Å². The number of nitrogens with zero attached hydrogens (tertiary/aromatic N) is 2. The number of rotatable bonds is 5. The van der Waals surface area contributed by atoms with Gasteiger partial charge in [-0.1, -0.05) is 19.3 Å². The summed E-state index contributed by atoms with van der Waals surface area (Å²) in [4.78, 5) is 29.9. The van der Waals surface area contributed by atoms with Gasteiger partial charge in [-0.05, 0) is 12.8 Å². The predicted octanol–water partition coefficient (Wildman–Crippen LogP) is 2.33. The molecule has 1 unspecified atom stereocenters. The Morgan fingerprint density at radius 3 is 2.87 bits per heavy atom. The van der Waals surface area contributed by atoms with E-state index in [-0.39, 0.29) is 17.7 Å². The molecule has 1 aliphatic heterocycles. The van der Waals surface area contributed by atoms with Gasteiger partial charge in [0, 0.05) is 44.3 Å². The quantitative estimate of drug-likeness (QED) is 0.898. The van der Waals surface area contributed by atoms with Gasteiger partial charge in [0.05, 0.1) is 16.6 Å². The van der Waals surface area contributed by atoms with Crippen LogP contribution in [-0.4, -0.2) is 41.8 Å². The fourth-order valence-corrected chi connectivity index (χ4v) is 4.38. The summed E-state index contributed by atoms with van der Waals surface area (Å²) < 4.78 is 0. The molecule has 126 valence electrons. The van der Waals surface area contributed by atoms with E-state index < -0.39 is 0 Å². The molecule has 0 aromatic carbocycles. The fourth-order valence-electron chi connectivity index (χ4n) is 3.50. The van der Waals surface area contributed by atoms with Crippen molar-refractivity contribution in [3.8, 4) is 0 Å². The summed E-state index contributed by atoms with van der Waals surface area (Å²) in [6, 6.07) is 0. The van der Waals surface area contributed by atoms with E-state index in [1.807, 2.05) is 0 Å². The first-order chi connectivity index (χ1) is 11.1. The molecule has 1 saturated heterocycles. The van der Waals surface area contributed by atoms with Crippen molar-refractivity contribution in [3.63, 3.8) is 0 Å². The fraction of sp³-hybridized carbons (Fsp3) is 0.706. The third-order valence-electron chi connectivity index (χ3n) is 4.94. The second-order valence-electron chi connectivity index (χ2n) is 6.72. The minimum Gasteiger partial charge on any atom is -0.355 e. The zero-order valence-electron chi connectivity index (χ0n) is 13.7. The van der Waals surface area contributed by atoms with Crippen molar-refractivity contribution in [1.29, 1.82) is 0 Å². The minimum absolute atomic E-state index is 0.00763. The number of hydrogen-bond donors (Lipinski definition) is 1. The number of carbonyl (C=O) groups is 2. The highest BCUT2D eigenvalue weighted by molar-refractivity contribution is 7.09. The maximum atomic E-state index is 12.1. The number of likely N-dealkylation sites (tertiary alicyclic amines) is 1. The van der Waals surface area contributed by atoms with Crippen molar-refractivity contribution in [1.82, 2.24) is 15.2 Å². The molecule has 23 heavy (non-hydrogen) atoms. The highest BCUT2D eigenvalue weighted by atomic mass is 32.1. The van der Waals surface area contributed by atoms with Crippen LogP contribution in [0.25, 0.3) is 0 Å². The van der Waals surface area contributed by atoms with E-state index in [0.717, 1.165) is 11.4 Å². The first-order valence-electron chi connectivity index (χ1n) is 8.59. The van der Waals surface area contributed by atoms with Crippen LogP contribution < -0.4 is 5.32 Å². The molecule has 1 saturated carbocycles. The van der Waals surface area contributed by atoms with Crippen LogP contribution in [-0.2, 0) is 16.0 Å². The zero-order chi connectivity index (χ0) is 16.2. The van der Waals surface area contributed by atoms with Gasteiger partial charge >= 0.3 is 0 Å². The summed E-state index contributed by atoms with van der Waals surface area (Å²) in [5, 5.41) is 6.25. The van der Waals surface area contributed by atoms with Crippen LogP contribution in [0.3, 0.4) is 0 Å². The number of carbonyl (C=O) groups excluding carboxylic acids is 2. The summed E-state index contributed by atoms with van der Waals surface area (Å²) >= 11 is 1.70. The molecule has 1 aromatic heterocycles. The average molecular weight is 335 g/mol. The third-order valence-corrected chi connectivity index (χ3v) is 5.87. The molecule has 5 nitrogen and oxygen atoms in total. The summed E-state index contributed by atoms with van der Waals surface area (Å²) in [5.41, 5.74) is 1.25. The normalized spacial score (nSPS) is 22.6. The van der Waals surface area contributed by atoms with Gasteiger partial charge in [-0.25, -0.2) is 4.98 Å². The molecule has 2 fully saturated rings. The Morgan fingerprint density at radius 2 is 2.17 bits per heavy atom. The lowest BCUT2D eigenvalue weighted by atomic mass is 9.87. The molecule has 1 aliphatic carbocycles. The van der Waals surface area contributed by atoms with Crippen molar-refractivity contribution < 1.29 is 9.59 Å². The first kappa shape index (κ1) is 16.4. The number of amides is 2. The lowest BCUT2D eigenvalue weighted by Crippen LogP contribution is -2.33. The molecule has 0 spiro atoms. The standard InChI is InChI=1S/C17H25N3O2S/c1-20-10-13(9-16(20)21)17(22)18-8-7-15-19-14(11-23-15)12-5-3-2-4-6-12/h11-13H,2-10H2,1H3,(H,18,22). The van der Waals surface area contributed by atoms with Crippen LogP contribution in [0.5, 0.6) is 0 Å². The molecule has 0 radical (unpaired) electrons. The van der Waals surface area contributed by atoms with E-state index in [9.17, 15) is 9.59 Å². The molecule has 1 aromatic rings. The van der Waals surface area contributed by atoms with Crippen molar-refractivity contribution in [2.45, 2.75) is 50.9 Å². The Morgan fingerprint density at radius 1 is 1.39 bits per heavy atom. The van der Waals surface area contributed by atoms with Crippen LogP contribution in [0.1, 0.15) is 55.1 Å². The zero-order valence-corrected chi connectivity index (χ0v) is 14.5.